The van der Waals surface area contributed by atoms with E-state index in [0.29, 0.717) is 11.4 Å². The monoisotopic (exact) mass is 325 g/mol. The van der Waals surface area contributed by atoms with Crippen LogP contribution in [0.3, 0.4) is 0 Å². The van der Waals surface area contributed by atoms with E-state index in [1.165, 1.54) is 18.1 Å². The molecule has 0 radical (unpaired) electrons. The third-order valence-corrected chi connectivity index (χ3v) is 3.84. The summed E-state index contributed by atoms with van der Waals surface area (Å²) < 4.78 is 19.0. The molecule has 1 aliphatic rings. The molecule has 128 valence electrons. The predicted octanol–water partition coefficient (Wildman–Crippen LogP) is 1.90. The zero-order valence-corrected chi connectivity index (χ0v) is 13.6. The van der Waals surface area contributed by atoms with Crippen LogP contribution in [0, 0.1) is 5.82 Å². The second-order valence-electron chi connectivity index (χ2n) is 5.78. The molecule has 23 heavy (non-hydrogen) atoms. The van der Waals surface area contributed by atoms with Crippen molar-refractivity contribution in [3.05, 3.63) is 24.0 Å². The summed E-state index contributed by atoms with van der Waals surface area (Å²) in [6.45, 7) is 2.01. The number of nitrogens with zero attached hydrogens (tertiary/aromatic N) is 2. The van der Waals surface area contributed by atoms with Gasteiger partial charge in [0.2, 0.25) is 0 Å². The first-order valence-corrected chi connectivity index (χ1v) is 7.75. The number of aliphatic hydroxyl groups excluding tert-OH is 1. The smallest absolute Gasteiger partial charge is 0.321 e. The van der Waals surface area contributed by atoms with Gasteiger partial charge in [-0.2, -0.15) is 0 Å². The van der Waals surface area contributed by atoms with E-state index in [2.05, 4.69) is 5.32 Å². The first-order valence-electron chi connectivity index (χ1n) is 7.75. The second kappa shape index (κ2) is 8.12. The van der Waals surface area contributed by atoms with Crippen LogP contribution in [0.1, 0.15) is 12.8 Å². The molecule has 0 aliphatic carbocycles. The van der Waals surface area contributed by atoms with E-state index in [1.807, 2.05) is 4.90 Å². The van der Waals surface area contributed by atoms with Gasteiger partial charge in [0.1, 0.15) is 5.82 Å². The van der Waals surface area contributed by atoms with Crippen molar-refractivity contribution in [2.75, 3.05) is 50.6 Å². The minimum Gasteiger partial charge on any atom is -0.389 e. The van der Waals surface area contributed by atoms with Crippen molar-refractivity contribution in [3.8, 4) is 0 Å². The lowest BCUT2D eigenvalue weighted by Crippen LogP contribution is -2.38. The zero-order valence-electron chi connectivity index (χ0n) is 13.6. The molecule has 1 heterocycles. The van der Waals surface area contributed by atoms with Gasteiger partial charge in [-0.15, -0.1) is 0 Å². The van der Waals surface area contributed by atoms with Gasteiger partial charge in [-0.1, -0.05) is 0 Å². The Kier molecular flexibility index (Phi) is 6.18. The maximum absolute atomic E-state index is 14.2. The summed E-state index contributed by atoms with van der Waals surface area (Å²) in [7, 11) is 3.04. The van der Waals surface area contributed by atoms with Crippen LogP contribution >= 0.6 is 0 Å². The molecule has 0 bridgehead atoms. The minimum absolute atomic E-state index is 0.133. The number of methoxy groups -OCH3 is 1. The molecule has 6 nitrogen and oxygen atoms in total. The predicted molar refractivity (Wildman–Crippen MR) is 87.4 cm³/mol. The Morgan fingerprint density at radius 3 is 2.78 bits per heavy atom. The number of benzene rings is 1. The number of aliphatic hydroxyl groups is 1. The summed E-state index contributed by atoms with van der Waals surface area (Å²) in [5.74, 6) is -0.341. The number of halogens is 1. The number of likely N-dealkylation sites (N-methyl/N-ethyl adjacent to an activating group) is 1. The fourth-order valence-electron chi connectivity index (χ4n) is 2.66. The number of hydrogen-bond donors (Lipinski definition) is 2. The quantitative estimate of drug-likeness (QED) is 0.838. The normalized spacial score (nSPS) is 15.6. The summed E-state index contributed by atoms with van der Waals surface area (Å²) in [4.78, 5) is 15.4. The number of rotatable bonds is 6. The maximum atomic E-state index is 14.2. The van der Waals surface area contributed by atoms with Crippen LogP contribution in [0.4, 0.5) is 20.6 Å². The zero-order chi connectivity index (χ0) is 16.8. The molecule has 0 spiro atoms. The largest absolute Gasteiger partial charge is 0.389 e. The maximum Gasteiger partial charge on any atom is 0.321 e. The lowest BCUT2D eigenvalue weighted by molar-refractivity contribution is 0.0501. The molecule has 1 aliphatic heterocycles. The van der Waals surface area contributed by atoms with Crippen LogP contribution in [-0.4, -0.2) is 62.5 Å². The number of nitrogens with one attached hydrogen (secondary N) is 1. The summed E-state index contributed by atoms with van der Waals surface area (Å²) >= 11 is 0. The average molecular weight is 325 g/mol. The molecule has 2 N–H and O–H groups in total. The first kappa shape index (κ1) is 17.5. The summed E-state index contributed by atoms with van der Waals surface area (Å²) in [6, 6.07) is 4.29. The molecule has 1 atom stereocenters. The molecular weight excluding hydrogens is 301 g/mol. The number of carbonyl (C=O) groups is 1. The number of carbonyl (C=O) groups excluding carboxylic acids is 1. The highest BCUT2D eigenvalue weighted by Gasteiger charge is 2.18. The molecule has 0 saturated carbocycles. The van der Waals surface area contributed by atoms with Crippen molar-refractivity contribution in [1.29, 1.82) is 0 Å². The van der Waals surface area contributed by atoms with Crippen LogP contribution in [0.15, 0.2) is 18.2 Å². The number of hydrogen-bond acceptors (Lipinski definition) is 4. The highest BCUT2D eigenvalue weighted by Crippen LogP contribution is 2.26. The second-order valence-corrected chi connectivity index (χ2v) is 5.78. The van der Waals surface area contributed by atoms with Crippen molar-refractivity contribution < 1.29 is 19.0 Å². The third kappa shape index (κ3) is 4.80. The van der Waals surface area contributed by atoms with Crippen molar-refractivity contribution in [3.63, 3.8) is 0 Å². The first-order chi connectivity index (χ1) is 11.0. The van der Waals surface area contributed by atoms with E-state index in [4.69, 9.17) is 4.74 Å². The van der Waals surface area contributed by atoms with E-state index >= 15 is 0 Å². The SMILES string of the molecule is COCC(O)CN(C)C(=O)Nc1ccc(N2CCCC2)c(F)c1. The van der Waals surface area contributed by atoms with Crippen LogP contribution in [0.2, 0.25) is 0 Å². The van der Waals surface area contributed by atoms with Gasteiger partial charge >= 0.3 is 6.03 Å². The fraction of sp³-hybridized carbons (Fsp3) is 0.562. The van der Waals surface area contributed by atoms with Gasteiger partial charge in [-0.25, -0.2) is 9.18 Å². The molecule has 1 saturated heterocycles. The molecule has 1 aromatic carbocycles. The Bertz CT molecular complexity index is 535. The molecule has 7 heteroatoms. The number of urea groups is 1. The van der Waals surface area contributed by atoms with E-state index in [1.54, 1.807) is 19.2 Å². The highest BCUT2D eigenvalue weighted by atomic mass is 19.1. The third-order valence-electron chi connectivity index (χ3n) is 3.84. The summed E-state index contributed by atoms with van der Waals surface area (Å²) in [5, 5.41) is 12.2. The van der Waals surface area contributed by atoms with Gasteiger partial charge in [0.15, 0.2) is 0 Å². The van der Waals surface area contributed by atoms with Crippen molar-refractivity contribution >= 4 is 17.4 Å². The molecule has 0 aromatic heterocycles. The number of amides is 2. The summed E-state index contributed by atoms with van der Waals surface area (Å²) in [6.07, 6.45) is 1.39. The van der Waals surface area contributed by atoms with Gasteiger partial charge in [0.25, 0.3) is 0 Å². The topological polar surface area (TPSA) is 65.0 Å². The average Bonchev–Trinajstić information content (AvgIpc) is 3.01. The van der Waals surface area contributed by atoms with Crippen LogP contribution in [-0.2, 0) is 4.74 Å². The van der Waals surface area contributed by atoms with Gasteiger partial charge < -0.3 is 25.0 Å². The van der Waals surface area contributed by atoms with Gasteiger partial charge in [0.05, 0.1) is 24.9 Å². The standard InChI is InChI=1S/C16H24FN3O3/c1-19(10-13(21)11-23-2)16(22)18-12-5-6-15(14(17)9-12)20-7-3-4-8-20/h5-6,9,13,21H,3-4,7-8,10-11H2,1-2H3,(H,18,22). The van der Waals surface area contributed by atoms with Crippen molar-refractivity contribution in [2.24, 2.45) is 0 Å². The Labute approximate surface area is 135 Å². The lowest BCUT2D eigenvalue weighted by atomic mass is 10.2. The highest BCUT2D eigenvalue weighted by molar-refractivity contribution is 5.89. The molecular formula is C16H24FN3O3. The minimum atomic E-state index is -0.759. The van der Waals surface area contributed by atoms with E-state index in [-0.39, 0.29) is 19.0 Å². The van der Waals surface area contributed by atoms with Gasteiger partial charge in [0, 0.05) is 32.9 Å². The fourth-order valence-corrected chi connectivity index (χ4v) is 2.66. The van der Waals surface area contributed by atoms with Crippen LogP contribution in [0.5, 0.6) is 0 Å². The van der Waals surface area contributed by atoms with E-state index in [0.717, 1.165) is 25.9 Å². The number of anilines is 2. The molecule has 1 fully saturated rings. The van der Waals surface area contributed by atoms with Crippen LogP contribution in [0.25, 0.3) is 0 Å². The Hall–Kier alpha value is -1.86. The van der Waals surface area contributed by atoms with Crippen molar-refractivity contribution in [2.45, 2.75) is 18.9 Å². The Balaban J connectivity index is 1.94. The molecule has 1 unspecified atom stereocenters. The molecule has 1 aromatic rings. The molecule has 2 rings (SSSR count). The lowest BCUT2D eigenvalue weighted by Gasteiger charge is -2.22. The van der Waals surface area contributed by atoms with Crippen molar-refractivity contribution in [1.82, 2.24) is 4.90 Å². The Morgan fingerprint density at radius 2 is 2.17 bits per heavy atom. The van der Waals surface area contributed by atoms with Crippen LogP contribution < -0.4 is 10.2 Å². The summed E-state index contributed by atoms with van der Waals surface area (Å²) in [5.41, 5.74) is 0.966. The van der Waals surface area contributed by atoms with E-state index < -0.39 is 12.1 Å². The number of ether oxygens (including phenoxy) is 1. The van der Waals surface area contributed by atoms with Gasteiger partial charge in [-0.05, 0) is 31.0 Å². The van der Waals surface area contributed by atoms with E-state index in [9.17, 15) is 14.3 Å². The molecule has 2 amide bonds. The Morgan fingerprint density at radius 1 is 1.48 bits per heavy atom. The van der Waals surface area contributed by atoms with Gasteiger partial charge in [-0.3, -0.25) is 0 Å².